The Morgan fingerprint density at radius 2 is 2.33 bits per heavy atom. The quantitative estimate of drug-likeness (QED) is 0.627. The molecule has 0 saturated heterocycles. The Labute approximate surface area is 79.4 Å². The molecule has 2 rings (SSSR count). The molecule has 0 spiro atoms. The Morgan fingerprint density at radius 3 is 3.08 bits per heavy atom. The SMILES string of the molecule is CCc1ccc2c(c1)CCC2S. The van der Waals surface area contributed by atoms with E-state index in [9.17, 15) is 0 Å². The summed E-state index contributed by atoms with van der Waals surface area (Å²) in [6.07, 6.45) is 3.58. The zero-order valence-corrected chi connectivity index (χ0v) is 8.27. The second-order valence-corrected chi connectivity index (χ2v) is 4.06. The summed E-state index contributed by atoms with van der Waals surface area (Å²) in [5, 5.41) is 0.492. The monoisotopic (exact) mass is 178 g/mol. The molecule has 0 fully saturated rings. The standard InChI is InChI=1S/C11H14S/c1-2-8-3-5-10-9(7-8)4-6-11(10)12/h3,5,7,11-12H,2,4,6H2,1H3. The summed E-state index contributed by atoms with van der Waals surface area (Å²) in [6.45, 7) is 2.20. The van der Waals surface area contributed by atoms with E-state index in [1.807, 2.05) is 0 Å². The average Bonchev–Trinajstić information content (AvgIpc) is 2.47. The Morgan fingerprint density at radius 1 is 1.50 bits per heavy atom. The minimum Gasteiger partial charge on any atom is -0.171 e. The highest BCUT2D eigenvalue weighted by molar-refractivity contribution is 7.80. The smallest absolute Gasteiger partial charge is 0.0273 e. The van der Waals surface area contributed by atoms with Gasteiger partial charge in [-0.3, -0.25) is 0 Å². The van der Waals surface area contributed by atoms with Gasteiger partial charge in [0.25, 0.3) is 0 Å². The lowest BCUT2D eigenvalue weighted by Crippen LogP contribution is -1.87. The summed E-state index contributed by atoms with van der Waals surface area (Å²) in [7, 11) is 0. The summed E-state index contributed by atoms with van der Waals surface area (Å²) in [4.78, 5) is 0. The van der Waals surface area contributed by atoms with Crippen LogP contribution in [0.4, 0.5) is 0 Å². The summed E-state index contributed by atoms with van der Waals surface area (Å²) in [6, 6.07) is 6.82. The second kappa shape index (κ2) is 3.14. The van der Waals surface area contributed by atoms with E-state index in [-0.39, 0.29) is 0 Å². The van der Waals surface area contributed by atoms with Crippen molar-refractivity contribution in [3.05, 3.63) is 34.9 Å². The maximum atomic E-state index is 4.54. The Kier molecular flexibility index (Phi) is 2.14. The maximum absolute atomic E-state index is 4.54. The van der Waals surface area contributed by atoms with Crippen molar-refractivity contribution in [2.24, 2.45) is 0 Å². The largest absolute Gasteiger partial charge is 0.171 e. The van der Waals surface area contributed by atoms with Crippen LogP contribution in [0.25, 0.3) is 0 Å². The van der Waals surface area contributed by atoms with Gasteiger partial charge in [0, 0.05) is 5.25 Å². The number of thiol groups is 1. The second-order valence-electron chi connectivity index (χ2n) is 3.44. The number of fused-ring (bicyclic) bond motifs is 1. The van der Waals surface area contributed by atoms with Crippen molar-refractivity contribution in [1.29, 1.82) is 0 Å². The van der Waals surface area contributed by atoms with Crippen LogP contribution in [0.1, 0.15) is 35.3 Å². The lowest BCUT2D eigenvalue weighted by atomic mass is 10.1. The van der Waals surface area contributed by atoms with Crippen molar-refractivity contribution in [3.63, 3.8) is 0 Å². The number of hydrogen-bond acceptors (Lipinski definition) is 1. The molecule has 12 heavy (non-hydrogen) atoms. The molecule has 1 unspecified atom stereocenters. The molecule has 1 aliphatic carbocycles. The molecule has 0 aliphatic heterocycles. The van der Waals surface area contributed by atoms with Crippen molar-refractivity contribution in [2.75, 3.05) is 0 Å². The van der Waals surface area contributed by atoms with Crippen LogP contribution in [0.15, 0.2) is 18.2 Å². The molecule has 0 radical (unpaired) electrons. The molecular weight excluding hydrogens is 164 g/mol. The minimum atomic E-state index is 0.492. The third-order valence-corrected chi connectivity index (χ3v) is 3.20. The Hall–Kier alpha value is -0.430. The van der Waals surface area contributed by atoms with Crippen molar-refractivity contribution in [3.8, 4) is 0 Å². The molecule has 0 nitrogen and oxygen atoms in total. The van der Waals surface area contributed by atoms with Crippen molar-refractivity contribution in [1.82, 2.24) is 0 Å². The molecule has 0 aromatic heterocycles. The van der Waals surface area contributed by atoms with Crippen LogP contribution < -0.4 is 0 Å². The van der Waals surface area contributed by atoms with Gasteiger partial charge in [-0.25, -0.2) is 0 Å². The van der Waals surface area contributed by atoms with Crippen molar-refractivity contribution >= 4 is 12.6 Å². The van der Waals surface area contributed by atoms with Crippen LogP contribution in [0.2, 0.25) is 0 Å². The summed E-state index contributed by atoms with van der Waals surface area (Å²) in [5.41, 5.74) is 4.43. The molecule has 0 saturated carbocycles. The van der Waals surface area contributed by atoms with Gasteiger partial charge < -0.3 is 0 Å². The summed E-state index contributed by atoms with van der Waals surface area (Å²) in [5.74, 6) is 0. The van der Waals surface area contributed by atoms with Gasteiger partial charge in [-0.05, 0) is 36.0 Å². The molecule has 1 aromatic carbocycles. The minimum absolute atomic E-state index is 0.492. The predicted octanol–water partition coefficient (Wildman–Crippen LogP) is 3.17. The highest BCUT2D eigenvalue weighted by Crippen LogP contribution is 2.35. The molecule has 0 bridgehead atoms. The van der Waals surface area contributed by atoms with Gasteiger partial charge in [0.1, 0.15) is 0 Å². The first kappa shape index (κ1) is 8.18. The van der Waals surface area contributed by atoms with Gasteiger partial charge in [-0.1, -0.05) is 25.1 Å². The fraction of sp³-hybridized carbons (Fsp3) is 0.455. The highest BCUT2D eigenvalue weighted by Gasteiger charge is 2.18. The molecule has 1 aromatic rings. The highest BCUT2D eigenvalue weighted by atomic mass is 32.1. The van der Waals surface area contributed by atoms with Crippen LogP contribution >= 0.6 is 12.6 Å². The van der Waals surface area contributed by atoms with Crippen LogP contribution in [-0.2, 0) is 12.8 Å². The lowest BCUT2D eigenvalue weighted by Gasteiger charge is -2.04. The topological polar surface area (TPSA) is 0 Å². The molecule has 1 aliphatic rings. The third-order valence-electron chi connectivity index (χ3n) is 2.66. The van der Waals surface area contributed by atoms with E-state index in [1.54, 1.807) is 0 Å². The van der Waals surface area contributed by atoms with E-state index < -0.39 is 0 Å². The molecule has 0 N–H and O–H groups in total. The third kappa shape index (κ3) is 1.27. The molecule has 0 heterocycles. The Balaban J connectivity index is 2.41. The number of hydrogen-bond donors (Lipinski definition) is 1. The Bertz CT molecular complexity index is 291. The number of aryl methyl sites for hydroxylation is 2. The molecule has 1 atom stereocenters. The summed E-state index contributed by atoms with van der Waals surface area (Å²) < 4.78 is 0. The molecule has 1 heteroatoms. The molecular formula is C11H14S. The van der Waals surface area contributed by atoms with E-state index in [2.05, 4.69) is 37.8 Å². The fourth-order valence-electron chi connectivity index (χ4n) is 1.87. The summed E-state index contributed by atoms with van der Waals surface area (Å²) >= 11 is 4.54. The van der Waals surface area contributed by atoms with Crippen molar-refractivity contribution < 1.29 is 0 Å². The van der Waals surface area contributed by atoms with Gasteiger partial charge in [-0.2, -0.15) is 12.6 Å². The first-order valence-electron chi connectivity index (χ1n) is 4.61. The van der Waals surface area contributed by atoms with Gasteiger partial charge >= 0.3 is 0 Å². The van der Waals surface area contributed by atoms with Crippen LogP contribution in [0.3, 0.4) is 0 Å². The first-order chi connectivity index (χ1) is 5.81. The van der Waals surface area contributed by atoms with Crippen LogP contribution in [0.5, 0.6) is 0 Å². The van der Waals surface area contributed by atoms with E-state index in [4.69, 9.17) is 0 Å². The predicted molar refractivity (Wildman–Crippen MR) is 55.9 cm³/mol. The number of benzene rings is 1. The van der Waals surface area contributed by atoms with Crippen molar-refractivity contribution in [2.45, 2.75) is 31.4 Å². The van der Waals surface area contributed by atoms with E-state index >= 15 is 0 Å². The van der Waals surface area contributed by atoms with E-state index in [0.717, 1.165) is 6.42 Å². The zero-order chi connectivity index (χ0) is 8.55. The average molecular weight is 178 g/mol. The molecule has 64 valence electrons. The first-order valence-corrected chi connectivity index (χ1v) is 5.12. The van der Waals surface area contributed by atoms with E-state index in [0.29, 0.717) is 5.25 Å². The zero-order valence-electron chi connectivity index (χ0n) is 7.38. The van der Waals surface area contributed by atoms with E-state index in [1.165, 1.54) is 29.5 Å². The van der Waals surface area contributed by atoms with Gasteiger partial charge in [-0.15, -0.1) is 0 Å². The van der Waals surface area contributed by atoms with Gasteiger partial charge in [0.05, 0.1) is 0 Å². The van der Waals surface area contributed by atoms with Gasteiger partial charge in [0.15, 0.2) is 0 Å². The number of rotatable bonds is 1. The van der Waals surface area contributed by atoms with Crippen LogP contribution in [0, 0.1) is 0 Å². The normalized spacial score (nSPS) is 21.0. The van der Waals surface area contributed by atoms with Gasteiger partial charge in [0.2, 0.25) is 0 Å². The maximum Gasteiger partial charge on any atom is 0.0273 e. The van der Waals surface area contributed by atoms with Crippen LogP contribution in [-0.4, -0.2) is 0 Å². The fourth-order valence-corrected chi connectivity index (χ4v) is 2.25. The lowest BCUT2D eigenvalue weighted by molar-refractivity contribution is 0.896. The molecule has 0 amide bonds.